The van der Waals surface area contributed by atoms with Gasteiger partial charge >= 0.3 is 0 Å². The van der Waals surface area contributed by atoms with E-state index in [1.807, 2.05) is 29.6 Å². The van der Waals surface area contributed by atoms with Crippen LogP contribution in [0.25, 0.3) is 21.7 Å². The van der Waals surface area contributed by atoms with Crippen LogP contribution in [0.15, 0.2) is 64.6 Å². The van der Waals surface area contributed by atoms with Gasteiger partial charge in [-0.1, -0.05) is 29.4 Å². The van der Waals surface area contributed by atoms with Gasteiger partial charge in [-0.3, -0.25) is 4.98 Å². The van der Waals surface area contributed by atoms with Crippen molar-refractivity contribution in [3.63, 3.8) is 0 Å². The highest BCUT2D eigenvalue weighted by atomic mass is 32.1. The van der Waals surface area contributed by atoms with Crippen molar-refractivity contribution in [3.05, 3.63) is 83.2 Å². The molecule has 5 aromatic rings. The van der Waals surface area contributed by atoms with E-state index >= 15 is 0 Å². The molecular formula is C21H15FN6OS. The van der Waals surface area contributed by atoms with E-state index in [0.717, 1.165) is 10.2 Å². The SMILES string of the molecule is Fc1ccccc1Cc1noc(CNc2nc(-c3ccccn3)nc3sccc23)n1. The standard InChI is InChI=1S/C21H15FN6OS/c22-15-6-2-1-5-13(15)11-17-25-18(29-28-17)12-24-19-14-8-10-30-21(14)27-20(26-19)16-7-3-4-9-23-16/h1-10H,11-12H2,(H,24,26,27). The van der Waals surface area contributed by atoms with Gasteiger partial charge in [-0.25, -0.2) is 14.4 Å². The minimum absolute atomic E-state index is 0.266. The first-order valence-corrected chi connectivity index (χ1v) is 10.1. The van der Waals surface area contributed by atoms with Crippen LogP contribution in [0, 0.1) is 5.82 Å². The fourth-order valence-corrected chi connectivity index (χ4v) is 3.77. The van der Waals surface area contributed by atoms with Crippen LogP contribution >= 0.6 is 11.3 Å². The maximum atomic E-state index is 13.8. The molecule has 0 atom stereocenters. The fraction of sp³-hybridized carbons (Fsp3) is 0.0952. The maximum absolute atomic E-state index is 13.8. The Kier molecular flexibility index (Phi) is 4.86. The third-order valence-electron chi connectivity index (χ3n) is 4.44. The van der Waals surface area contributed by atoms with Crippen LogP contribution in [-0.2, 0) is 13.0 Å². The van der Waals surface area contributed by atoms with Gasteiger partial charge < -0.3 is 9.84 Å². The highest BCUT2D eigenvalue weighted by Crippen LogP contribution is 2.28. The molecule has 4 aromatic heterocycles. The van der Waals surface area contributed by atoms with Crippen molar-refractivity contribution in [2.45, 2.75) is 13.0 Å². The van der Waals surface area contributed by atoms with Gasteiger partial charge in [0.05, 0.1) is 11.9 Å². The lowest BCUT2D eigenvalue weighted by molar-refractivity contribution is 0.378. The van der Waals surface area contributed by atoms with Crippen molar-refractivity contribution < 1.29 is 8.91 Å². The molecule has 0 amide bonds. The number of fused-ring (bicyclic) bond motifs is 1. The summed E-state index contributed by atoms with van der Waals surface area (Å²) in [6, 6.07) is 14.1. The molecule has 0 unspecified atom stereocenters. The van der Waals surface area contributed by atoms with E-state index < -0.39 is 0 Å². The summed E-state index contributed by atoms with van der Waals surface area (Å²) in [7, 11) is 0. The largest absolute Gasteiger partial charge is 0.360 e. The topological polar surface area (TPSA) is 89.6 Å². The van der Waals surface area contributed by atoms with Crippen LogP contribution in [0.2, 0.25) is 0 Å². The van der Waals surface area contributed by atoms with E-state index in [-0.39, 0.29) is 18.8 Å². The fourth-order valence-electron chi connectivity index (χ4n) is 3.00. The zero-order chi connectivity index (χ0) is 20.3. The van der Waals surface area contributed by atoms with Crippen molar-refractivity contribution in [2.24, 2.45) is 0 Å². The lowest BCUT2D eigenvalue weighted by Gasteiger charge is -2.07. The molecule has 0 fully saturated rings. The molecule has 0 radical (unpaired) electrons. The van der Waals surface area contributed by atoms with E-state index in [1.165, 1.54) is 17.4 Å². The van der Waals surface area contributed by atoms with Gasteiger partial charge in [-0.05, 0) is 35.2 Å². The van der Waals surface area contributed by atoms with Crippen LogP contribution in [0.5, 0.6) is 0 Å². The lowest BCUT2D eigenvalue weighted by atomic mass is 10.1. The number of rotatable bonds is 6. The molecule has 9 heteroatoms. The van der Waals surface area contributed by atoms with Gasteiger partial charge in [-0.2, -0.15) is 4.98 Å². The quantitative estimate of drug-likeness (QED) is 0.435. The number of halogens is 1. The Balaban J connectivity index is 1.36. The van der Waals surface area contributed by atoms with Crippen LogP contribution in [0.1, 0.15) is 17.3 Å². The number of anilines is 1. The van der Waals surface area contributed by atoms with Gasteiger partial charge in [0.2, 0.25) is 5.89 Å². The normalized spacial score (nSPS) is 11.1. The molecule has 7 nitrogen and oxygen atoms in total. The summed E-state index contributed by atoms with van der Waals surface area (Å²) in [5, 5.41) is 10.1. The molecule has 30 heavy (non-hydrogen) atoms. The van der Waals surface area contributed by atoms with Gasteiger partial charge in [0, 0.05) is 12.6 Å². The Morgan fingerprint density at radius 1 is 1.00 bits per heavy atom. The Morgan fingerprint density at radius 3 is 2.77 bits per heavy atom. The first-order valence-electron chi connectivity index (χ1n) is 9.21. The summed E-state index contributed by atoms with van der Waals surface area (Å²) >= 11 is 1.53. The van der Waals surface area contributed by atoms with Crippen molar-refractivity contribution in [2.75, 3.05) is 5.32 Å². The summed E-state index contributed by atoms with van der Waals surface area (Å²) < 4.78 is 19.1. The average molecular weight is 418 g/mol. The maximum Gasteiger partial charge on any atom is 0.245 e. The number of pyridine rings is 1. The average Bonchev–Trinajstić information content (AvgIpc) is 3.43. The van der Waals surface area contributed by atoms with Crippen molar-refractivity contribution in [1.29, 1.82) is 0 Å². The molecule has 0 aliphatic heterocycles. The zero-order valence-corrected chi connectivity index (χ0v) is 16.4. The molecule has 4 heterocycles. The number of nitrogens with zero attached hydrogens (tertiary/aromatic N) is 5. The minimum Gasteiger partial charge on any atom is -0.360 e. The second-order valence-electron chi connectivity index (χ2n) is 6.48. The Labute approximate surface area is 174 Å². The second kappa shape index (κ2) is 7.96. The number of hydrogen-bond acceptors (Lipinski definition) is 8. The monoisotopic (exact) mass is 418 g/mol. The number of hydrogen-bond donors (Lipinski definition) is 1. The molecule has 0 saturated heterocycles. The number of aromatic nitrogens is 5. The van der Waals surface area contributed by atoms with Gasteiger partial charge in [0.15, 0.2) is 11.6 Å². The van der Waals surface area contributed by atoms with E-state index in [0.29, 0.717) is 34.6 Å². The predicted molar refractivity (Wildman–Crippen MR) is 111 cm³/mol. The summed E-state index contributed by atoms with van der Waals surface area (Å²) in [6.07, 6.45) is 1.97. The molecular weight excluding hydrogens is 403 g/mol. The minimum atomic E-state index is -0.287. The molecule has 148 valence electrons. The predicted octanol–water partition coefficient (Wildman–Crippen LogP) is 4.48. The summed E-state index contributed by atoms with van der Waals surface area (Å²) in [4.78, 5) is 18.8. The van der Waals surface area contributed by atoms with E-state index in [1.54, 1.807) is 24.4 Å². The highest BCUT2D eigenvalue weighted by molar-refractivity contribution is 7.16. The van der Waals surface area contributed by atoms with Crippen LogP contribution in [0.3, 0.4) is 0 Å². The molecule has 1 aromatic carbocycles. The highest BCUT2D eigenvalue weighted by Gasteiger charge is 2.13. The van der Waals surface area contributed by atoms with Crippen molar-refractivity contribution in [3.8, 4) is 11.5 Å². The molecule has 1 N–H and O–H groups in total. The second-order valence-corrected chi connectivity index (χ2v) is 7.37. The van der Waals surface area contributed by atoms with Gasteiger partial charge in [0.1, 0.15) is 22.2 Å². The first kappa shape index (κ1) is 18.3. The Morgan fingerprint density at radius 2 is 1.90 bits per heavy atom. The van der Waals surface area contributed by atoms with E-state index in [9.17, 15) is 4.39 Å². The van der Waals surface area contributed by atoms with E-state index in [2.05, 4.69) is 30.4 Å². The third-order valence-corrected chi connectivity index (χ3v) is 5.25. The van der Waals surface area contributed by atoms with E-state index in [4.69, 9.17) is 4.52 Å². The zero-order valence-electron chi connectivity index (χ0n) is 15.6. The van der Waals surface area contributed by atoms with Gasteiger partial charge in [0.25, 0.3) is 0 Å². The van der Waals surface area contributed by atoms with Crippen LogP contribution in [0.4, 0.5) is 10.2 Å². The molecule has 0 saturated carbocycles. The number of nitrogens with one attached hydrogen (secondary N) is 1. The van der Waals surface area contributed by atoms with Gasteiger partial charge in [-0.15, -0.1) is 11.3 Å². The van der Waals surface area contributed by atoms with Crippen LogP contribution in [-0.4, -0.2) is 25.1 Å². The lowest BCUT2D eigenvalue weighted by Crippen LogP contribution is -2.04. The Hall–Kier alpha value is -3.72. The molecule has 0 aliphatic carbocycles. The smallest absolute Gasteiger partial charge is 0.245 e. The molecule has 5 rings (SSSR count). The molecule has 0 spiro atoms. The van der Waals surface area contributed by atoms with Crippen molar-refractivity contribution >= 4 is 27.4 Å². The third kappa shape index (κ3) is 3.74. The number of thiophene rings is 1. The summed E-state index contributed by atoms with van der Waals surface area (Å²) in [5.74, 6) is 1.73. The summed E-state index contributed by atoms with van der Waals surface area (Å²) in [6.45, 7) is 0.286. The van der Waals surface area contributed by atoms with Crippen LogP contribution < -0.4 is 5.32 Å². The molecule has 0 bridgehead atoms. The van der Waals surface area contributed by atoms with Crippen molar-refractivity contribution in [1.82, 2.24) is 25.1 Å². The summed E-state index contributed by atoms with van der Waals surface area (Å²) in [5.41, 5.74) is 1.22. The first-order chi connectivity index (χ1) is 14.8. The number of benzene rings is 1. The molecule has 0 aliphatic rings. The Bertz CT molecular complexity index is 1300.